The minimum absolute atomic E-state index is 0. The monoisotopic (exact) mass is 539 g/mol. The van der Waals surface area contributed by atoms with E-state index < -0.39 is 39.1 Å². The summed E-state index contributed by atoms with van der Waals surface area (Å²) >= 11 is 0. The Balaban J connectivity index is -0.0000000728. The Morgan fingerprint density at radius 3 is 2.03 bits per heavy atom. The van der Waals surface area contributed by atoms with E-state index in [1.807, 2.05) is 5.92 Å². The fourth-order valence-electron chi connectivity index (χ4n) is 2.06. The molecule has 0 rings (SSSR count). The van der Waals surface area contributed by atoms with Crippen LogP contribution in [0.3, 0.4) is 0 Å². The molecule has 0 heterocycles. The molecule has 196 valence electrons. The van der Waals surface area contributed by atoms with Gasteiger partial charge in [-0.3, -0.25) is 4.79 Å². The van der Waals surface area contributed by atoms with Crippen LogP contribution in [0, 0.1) is 59.7 Å². The molecule has 0 aliphatic rings. The number of hydrogen-bond donors (Lipinski definition) is 1. The van der Waals surface area contributed by atoms with Crippen LogP contribution in [0.15, 0.2) is 0 Å². The number of hydrogen-bond acceptors (Lipinski definition) is 9. The smallest absolute Gasteiger partial charge is 0.790 e. The van der Waals surface area contributed by atoms with Gasteiger partial charge in [0, 0.05) is 25.2 Å². The Labute approximate surface area is 265 Å². The third kappa shape index (κ3) is 30.8. The van der Waals surface area contributed by atoms with Crippen LogP contribution in [-0.4, -0.2) is 31.3 Å². The topological polar surface area (TPSA) is 160 Å². The van der Waals surface area contributed by atoms with Gasteiger partial charge in [0.1, 0.15) is 6.61 Å². The Hall–Kier alpha value is -1.19. The molecule has 0 unspecified atom stereocenters. The molecule has 0 saturated carbocycles. The van der Waals surface area contributed by atoms with E-state index in [9.17, 15) is 23.9 Å². The van der Waals surface area contributed by atoms with Crippen LogP contribution in [0.2, 0.25) is 0 Å². The summed E-state index contributed by atoms with van der Waals surface area (Å²) < 4.78 is 24.6. The Bertz CT molecular complexity index is 991. The van der Waals surface area contributed by atoms with E-state index in [1.54, 1.807) is 0 Å². The molecule has 0 aliphatic carbocycles. The van der Waals surface area contributed by atoms with Gasteiger partial charge in [-0.15, -0.1) is 6.42 Å². The first-order chi connectivity index (χ1) is 15.3. The van der Waals surface area contributed by atoms with Crippen LogP contribution < -0.4 is 75.1 Å². The largest absolute Gasteiger partial charge is 1.00 e. The number of carbonyl (C=O) groups excluding carboxylic acids is 2. The van der Waals surface area contributed by atoms with E-state index in [2.05, 4.69) is 58.8 Å². The van der Waals surface area contributed by atoms with Crippen molar-refractivity contribution in [2.75, 3.05) is 13.2 Å². The molecule has 0 fully saturated rings. The predicted octanol–water partition coefficient (Wildman–Crippen LogP) is -2.93. The van der Waals surface area contributed by atoms with Crippen molar-refractivity contribution < 1.29 is 110 Å². The summed E-state index contributed by atoms with van der Waals surface area (Å²) in [4.78, 5) is 44.9. The molecule has 9 nitrogen and oxygen atoms in total. The van der Waals surface area contributed by atoms with Gasteiger partial charge in [-0.1, -0.05) is 39.0 Å². The second-order valence-corrected chi connectivity index (χ2v) is 7.27. The van der Waals surface area contributed by atoms with Gasteiger partial charge in [0.25, 0.3) is 0 Å². The van der Waals surface area contributed by atoms with E-state index >= 15 is 0 Å². The average molecular weight is 540 g/mol. The van der Waals surface area contributed by atoms with Gasteiger partial charge in [0.15, 0.2) is 6.10 Å². The van der Waals surface area contributed by atoms with Crippen LogP contribution in [0.1, 0.15) is 64.7 Å². The quantitative estimate of drug-likeness (QED) is 0.0645. The van der Waals surface area contributed by atoms with Gasteiger partial charge in [0.2, 0.25) is 0 Å². The van der Waals surface area contributed by atoms with Gasteiger partial charge in [-0.05, 0) is 53.8 Å². The van der Waals surface area contributed by atoms with Crippen LogP contribution in [-0.2, 0) is 28.2 Å². The molecule has 12 heteroatoms. The molecule has 3 N–H and O–H groups in total. The maximum absolute atomic E-state index is 11.9. The number of terminal acetylenes is 1. The van der Waals surface area contributed by atoms with Gasteiger partial charge < -0.3 is 34.5 Å². The van der Waals surface area contributed by atoms with Crippen molar-refractivity contribution in [3.63, 3.8) is 0 Å². The number of rotatable bonds is 13. The van der Waals surface area contributed by atoms with Crippen LogP contribution in [0.5, 0.6) is 0 Å². The van der Waals surface area contributed by atoms with Crippen molar-refractivity contribution in [1.29, 1.82) is 0 Å². The molecule has 1 atom stereocenters. The van der Waals surface area contributed by atoms with E-state index in [0.29, 0.717) is 6.42 Å². The van der Waals surface area contributed by atoms with E-state index in [1.165, 1.54) is 0 Å². The number of unbranched alkanes of at least 4 members (excludes halogenated alkanes) is 5. The minimum atomic E-state index is -5.29. The normalized spacial score (nSPS) is 9.31. The van der Waals surface area contributed by atoms with Crippen LogP contribution in [0.25, 0.3) is 0 Å². The molecule has 0 spiro atoms. The summed E-state index contributed by atoms with van der Waals surface area (Å²) in [5, 5.41) is 0. The van der Waals surface area contributed by atoms with Gasteiger partial charge in [-0.25, -0.2) is 4.79 Å². The average Bonchev–Trinajstić information content (AvgIpc) is 2.73. The fourth-order valence-corrected chi connectivity index (χ4v) is 2.41. The molecule has 0 aromatic heterocycles. The first kappa shape index (κ1) is 41.0. The Morgan fingerprint density at radius 1 is 0.914 bits per heavy atom. The molecule has 0 saturated heterocycles. The molecule has 0 aliphatic heterocycles. The zero-order chi connectivity index (χ0) is 24.1. The standard InChI is InChI=1S/C23H25O8P.H3N.2Na.9H2/c1-3-5-7-9-11-12-14-15-17-22(24)29-19-21(20-30-32(26,27)28)31-23(25)18-16-13-10-8-6-4-2;;;;;;;;;;;;/h1,21H,4,6,8,10,13,16,18-20H2,2H3,(H2,26,27,28);1H3;;;9*1H/q;;2*+1;;;;;;;;;/p-2/t21-;;;;;;;;;;;;/m0............/s1. The summed E-state index contributed by atoms with van der Waals surface area (Å²) in [7, 11) is -5.29. The van der Waals surface area contributed by atoms with E-state index in [0.717, 1.165) is 32.1 Å². The molecule has 0 aromatic carbocycles. The van der Waals surface area contributed by atoms with E-state index in [-0.39, 0.29) is 84.5 Å². The van der Waals surface area contributed by atoms with Crippen molar-refractivity contribution >= 4 is 19.8 Å². The maximum Gasteiger partial charge on any atom is 1.00 e. The van der Waals surface area contributed by atoms with Crippen molar-refractivity contribution in [2.45, 2.75) is 58.0 Å². The Morgan fingerprint density at radius 2 is 1.46 bits per heavy atom. The zero-order valence-electron chi connectivity index (χ0n) is 20.4. The van der Waals surface area contributed by atoms with Crippen molar-refractivity contribution in [3.8, 4) is 59.7 Å². The fraction of sp³-hybridized carbons (Fsp3) is 0.478. The summed E-state index contributed by atoms with van der Waals surface area (Å²) in [5.74, 6) is 18.5. The number of phosphoric ester groups is 1. The SMILES string of the molecule is C#CC#CC#CC#CC#CC(=O)OC[C@@H](COP(=O)([O-])[O-])OC(=O)CCCCCCCC.N.[HH].[HH].[HH].[HH].[HH].[HH].[HH].[HH].[HH].[Na+].[Na+]. The van der Waals surface area contributed by atoms with Gasteiger partial charge >= 0.3 is 71.1 Å². The van der Waals surface area contributed by atoms with Gasteiger partial charge in [0.05, 0.1) is 14.4 Å². The molecule has 0 amide bonds. The summed E-state index contributed by atoms with van der Waals surface area (Å²) in [6, 6.07) is 0. The molecular formula is C23H44NNa2O8P. The van der Waals surface area contributed by atoms with Crippen molar-refractivity contribution in [1.82, 2.24) is 6.15 Å². The zero-order valence-corrected chi connectivity index (χ0v) is 25.3. The number of carbonyl (C=O) groups is 2. The third-order valence-corrected chi connectivity index (χ3v) is 3.93. The van der Waals surface area contributed by atoms with E-state index in [4.69, 9.17) is 15.9 Å². The number of phosphoric acid groups is 1. The number of esters is 2. The molecular weight excluding hydrogens is 495 g/mol. The first-order valence-corrected chi connectivity index (χ1v) is 11.2. The summed E-state index contributed by atoms with van der Waals surface area (Å²) in [5.41, 5.74) is 0. The predicted molar refractivity (Wildman–Crippen MR) is 136 cm³/mol. The van der Waals surface area contributed by atoms with Crippen molar-refractivity contribution in [3.05, 3.63) is 0 Å². The third-order valence-electron chi connectivity index (χ3n) is 3.46. The summed E-state index contributed by atoms with van der Waals surface area (Å²) in [6.45, 7) is 0.772. The second-order valence-electron chi connectivity index (χ2n) is 6.12. The first-order valence-electron chi connectivity index (χ1n) is 9.78. The minimum Gasteiger partial charge on any atom is -0.790 e. The molecule has 0 radical (unpaired) electrons. The van der Waals surface area contributed by atoms with Crippen molar-refractivity contribution in [2.24, 2.45) is 0 Å². The molecule has 0 bridgehead atoms. The Kier molecular flexibility index (Phi) is 32.1. The maximum atomic E-state index is 11.9. The second kappa shape index (κ2) is 27.4. The molecule has 0 aromatic rings. The van der Waals surface area contributed by atoms with Crippen LogP contribution in [0.4, 0.5) is 0 Å². The van der Waals surface area contributed by atoms with Gasteiger partial charge in [-0.2, -0.15) is 0 Å². The molecule has 35 heavy (non-hydrogen) atoms. The number of ether oxygens (including phenoxy) is 2. The van der Waals surface area contributed by atoms with Crippen LogP contribution >= 0.6 is 7.82 Å². The summed E-state index contributed by atoms with van der Waals surface area (Å²) in [6.07, 6.45) is 9.48.